The van der Waals surface area contributed by atoms with Crippen molar-refractivity contribution >= 4 is 27.7 Å². The minimum Gasteiger partial charge on any atom is -0.340 e. The largest absolute Gasteiger partial charge is 0.340 e. The van der Waals surface area contributed by atoms with Gasteiger partial charge in [-0.1, -0.05) is 23.7 Å². The Labute approximate surface area is 92.5 Å². The summed E-state index contributed by atoms with van der Waals surface area (Å²) in [5.74, 6) is 0. The van der Waals surface area contributed by atoms with E-state index in [0.717, 1.165) is 0 Å². The average Bonchev–Trinajstić information content (AvgIpc) is 2.17. The van der Waals surface area contributed by atoms with Gasteiger partial charge in [-0.2, -0.15) is 0 Å². The summed E-state index contributed by atoms with van der Waals surface area (Å²) in [5, 5.41) is 2.20. The molecule has 0 bridgehead atoms. The van der Waals surface area contributed by atoms with Gasteiger partial charge in [-0.05, 0) is 12.1 Å². The van der Waals surface area contributed by atoms with Crippen molar-refractivity contribution in [1.29, 1.82) is 0 Å². The van der Waals surface area contributed by atoms with Crippen molar-refractivity contribution in [2.75, 3.05) is 7.05 Å². The van der Waals surface area contributed by atoms with Crippen LogP contribution in [0.1, 0.15) is 0 Å². The number of nitrogens with one attached hydrogen (secondary N) is 2. The van der Waals surface area contributed by atoms with Gasteiger partial charge in [0.25, 0.3) is 10.0 Å². The summed E-state index contributed by atoms with van der Waals surface area (Å²) in [6, 6.07) is 5.05. The third kappa shape index (κ3) is 2.84. The van der Waals surface area contributed by atoms with Crippen LogP contribution >= 0.6 is 11.6 Å². The average molecular weight is 249 g/mol. The molecule has 0 unspecified atom stereocenters. The number of benzene rings is 1. The first kappa shape index (κ1) is 11.8. The van der Waals surface area contributed by atoms with E-state index in [-0.39, 0.29) is 9.92 Å². The standard InChI is InChI=1S/C8H9ClN2O3S/c1-10-8(12)11-15(13,14)7-5-3-2-4-6(7)9/h2-5H,1H3,(H2,10,11,12). The molecule has 0 aliphatic rings. The quantitative estimate of drug-likeness (QED) is 0.819. The highest BCUT2D eigenvalue weighted by molar-refractivity contribution is 7.90. The van der Waals surface area contributed by atoms with E-state index < -0.39 is 16.1 Å². The summed E-state index contributed by atoms with van der Waals surface area (Å²) >= 11 is 5.68. The molecule has 0 saturated carbocycles. The molecule has 1 aromatic carbocycles. The first-order valence-electron chi connectivity index (χ1n) is 3.96. The van der Waals surface area contributed by atoms with Gasteiger partial charge in [-0.3, -0.25) is 0 Å². The summed E-state index contributed by atoms with van der Waals surface area (Å²) in [6.45, 7) is 0. The van der Waals surface area contributed by atoms with Crippen molar-refractivity contribution in [3.8, 4) is 0 Å². The molecular weight excluding hydrogens is 240 g/mol. The van der Waals surface area contributed by atoms with Crippen molar-refractivity contribution in [1.82, 2.24) is 10.0 Å². The van der Waals surface area contributed by atoms with Crippen LogP contribution in [0.15, 0.2) is 29.2 Å². The van der Waals surface area contributed by atoms with E-state index in [2.05, 4.69) is 5.32 Å². The molecule has 2 N–H and O–H groups in total. The van der Waals surface area contributed by atoms with E-state index in [1.165, 1.54) is 25.2 Å². The first-order valence-corrected chi connectivity index (χ1v) is 5.82. The number of amides is 2. The van der Waals surface area contributed by atoms with Gasteiger partial charge in [0.15, 0.2) is 0 Å². The first-order chi connectivity index (χ1) is 6.97. The smallest absolute Gasteiger partial charge is 0.328 e. The number of halogens is 1. The fourth-order valence-corrected chi connectivity index (χ4v) is 2.37. The van der Waals surface area contributed by atoms with Gasteiger partial charge in [0.2, 0.25) is 0 Å². The van der Waals surface area contributed by atoms with Crippen LogP contribution in [0.25, 0.3) is 0 Å². The molecule has 0 fully saturated rings. The molecule has 82 valence electrons. The Morgan fingerprint density at radius 1 is 1.33 bits per heavy atom. The SMILES string of the molecule is CNC(=O)NS(=O)(=O)c1ccccc1Cl. The van der Waals surface area contributed by atoms with Crippen molar-refractivity contribution in [3.63, 3.8) is 0 Å². The fourth-order valence-electron chi connectivity index (χ4n) is 0.891. The fraction of sp³-hybridized carbons (Fsp3) is 0.125. The zero-order valence-electron chi connectivity index (χ0n) is 7.82. The van der Waals surface area contributed by atoms with Crippen LogP contribution in [0, 0.1) is 0 Å². The van der Waals surface area contributed by atoms with Gasteiger partial charge < -0.3 is 5.32 Å². The molecular formula is C8H9ClN2O3S. The number of rotatable bonds is 2. The molecule has 0 aliphatic carbocycles. The van der Waals surface area contributed by atoms with E-state index in [4.69, 9.17) is 11.6 Å². The molecule has 0 saturated heterocycles. The van der Waals surface area contributed by atoms with Gasteiger partial charge in [0.05, 0.1) is 5.02 Å². The highest BCUT2D eigenvalue weighted by Gasteiger charge is 2.19. The van der Waals surface area contributed by atoms with Crippen molar-refractivity contribution in [3.05, 3.63) is 29.3 Å². The van der Waals surface area contributed by atoms with Gasteiger partial charge in [-0.25, -0.2) is 17.9 Å². The Morgan fingerprint density at radius 3 is 2.47 bits per heavy atom. The number of hydrogen-bond acceptors (Lipinski definition) is 3. The number of hydrogen-bond donors (Lipinski definition) is 2. The molecule has 2 amide bonds. The molecule has 0 spiro atoms. The number of sulfonamides is 1. The van der Waals surface area contributed by atoms with Crippen LogP contribution in [0.5, 0.6) is 0 Å². The lowest BCUT2D eigenvalue weighted by atomic mass is 10.4. The molecule has 0 aliphatic heterocycles. The molecule has 0 aromatic heterocycles. The Morgan fingerprint density at radius 2 is 1.93 bits per heavy atom. The van der Waals surface area contributed by atoms with Crippen molar-refractivity contribution in [2.24, 2.45) is 0 Å². The minimum absolute atomic E-state index is 0.0638. The zero-order chi connectivity index (χ0) is 11.5. The molecule has 5 nitrogen and oxygen atoms in total. The lowest BCUT2D eigenvalue weighted by molar-refractivity contribution is 0.248. The lowest BCUT2D eigenvalue weighted by Gasteiger charge is -2.07. The van der Waals surface area contributed by atoms with Gasteiger partial charge in [0.1, 0.15) is 4.90 Å². The summed E-state index contributed by atoms with van der Waals surface area (Å²) in [4.78, 5) is 10.7. The van der Waals surface area contributed by atoms with Crippen LogP contribution in [-0.4, -0.2) is 21.5 Å². The summed E-state index contributed by atoms with van der Waals surface area (Å²) in [6.07, 6.45) is 0. The van der Waals surface area contributed by atoms with Crippen LogP contribution in [0.4, 0.5) is 4.79 Å². The number of carbonyl (C=O) groups is 1. The van der Waals surface area contributed by atoms with E-state index in [9.17, 15) is 13.2 Å². The normalized spacial score (nSPS) is 10.8. The Kier molecular flexibility index (Phi) is 3.54. The van der Waals surface area contributed by atoms with E-state index in [1.54, 1.807) is 10.8 Å². The maximum atomic E-state index is 11.6. The molecule has 0 heterocycles. The second-order valence-corrected chi connectivity index (χ2v) is 4.67. The molecule has 15 heavy (non-hydrogen) atoms. The highest BCUT2D eigenvalue weighted by atomic mass is 35.5. The lowest BCUT2D eigenvalue weighted by Crippen LogP contribution is -2.37. The highest BCUT2D eigenvalue weighted by Crippen LogP contribution is 2.19. The topological polar surface area (TPSA) is 75.3 Å². The van der Waals surface area contributed by atoms with Crippen LogP contribution < -0.4 is 10.0 Å². The van der Waals surface area contributed by atoms with Gasteiger partial charge in [0, 0.05) is 7.05 Å². The molecule has 0 radical (unpaired) electrons. The van der Waals surface area contributed by atoms with E-state index in [1.807, 2.05) is 0 Å². The zero-order valence-corrected chi connectivity index (χ0v) is 9.39. The van der Waals surface area contributed by atoms with Gasteiger partial charge >= 0.3 is 6.03 Å². The second kappa shape index (κ2) is 4.50. The molecule has 7 heteroatoms. The Hall–Kier alpha value is -1.27. The van der Waals surface area contributed by atoms with Gasteiger partial charge in [-0.15, -0.1) is 0 Å². The van der Waals surface area contributed by atoms with Crippen LogP contribution in [-0.2, 0) is 10.0 Å². The maximum Gasteiger partial charge on any atom is 0.328 e. The van der Waals surface area contributed by atoms with E-state index in [0.29, 0.717) is 0 Å². The summed E-state index contributed by atoms with van der Waals surface area (Å²) < 4.78 is 24.9. The van der Waals surface area contributed by atoms with E-state index >= 15 is 0 Å². The molecule has 0 atom stereocenters. The predicted octanol–water partition coefficient (Wildman–Crippen LogP) is 0.958. The second-order valence-electron chi connectivity index (χ2n) is 2.62. The van der Waals surface area contributed by atoms with Crippen LogP contribution in [0.3, 0.4) is 0 Å². The number of urea groups is 1. The van der Waals surface area contributed by atoms with Crippen LogP contribution in [0.2, 0.25) is 5.02 Å². The summed E-state index contributed by atoms with van der Waals surface area (Å²) in [5.41, 5.74) is 0. The van der Waals surface area contributed by atoms with Crippen molar-refractivity contribution in [2.45, 2.75) is 4.90 Å². The molecule has 1 aromatic rings. The minimum atomic E-state index is -3.90. The third-order valence-electron chi connectivity index (χ3n) is 1.58. The predicted molar refractivity (Wildman–Crippen MR) is 56.2 cm³/mol. The number of carbonyl (C=O) groups excluding carboxylic acids is 1. The Bertz CT molecular complexity index is 473. The molecule has 1 rings (SSSR count). The third-order valence-corrected chi connectivity index (χ3v) is 3.41. The monoisotopic (exact) mass is 248 g/mol. The Balaban J connectivity index is 3.07. The maximum absolute atomic E-state index is 11.6. The van der Waals surface area contributed by atoms with Crippen molar-refractivity contribution < 1.29 is 13.2 Å². The summed E-state index contributed by atoms with van der Waals surface area (Å²) in [7, 11) is -2.58.